The fraction of sp³-hybridized carbons (Fsp3) is 0.200. The first kappa shape index (κ1) is 11.2. The molecule has 0 amide bonds. The van der Waals surface area contributed by atoms with E-state index in [1.165, 1.54) is 0 Å². The molecular formula is C10H9Cl2NO. The van der Waals surface area contributed by atoms with Crippen molar-refractivity contribution in [3.63, 3.8) is 0 Å². The smallest absolute Gasteiger partial charge is 0.148 e. The van der Waals surface area contributed by atoms with Crippen molar-refractivity contribution in [1.82, 2.24) is 0 Å². The van der Waals surface area contributed by atoms with E-state index in [9.17, 15) is 0 Å². The van der Waals surface area contributed by atoms with Crippen LogP contribution in [0.5, 0.6) is 5.75 Å². The molecule has 1 aromatic carbocycles. The molecule has 2 nitrogen and oxygen atoms in total. The summed E-state index contributed by atoms with van der Waals surface area (Å²) < 4.78 is 5.26. The van der Waals surface area contributed by atoms with Crippen molar-refractivity contribution < 1.29 is 4.74 Å². The first-order chi connectivity index (χ1) is 6.69. The lowest BCUT2D eigenvalue weighted by Crippen LogP contribution is -2.03. The first-order valence-corrected chi connectivity index (χ1v) is 4.69. The molecule has 0 atom stereocenters. The molecular weight excluding hydrogens is 221 g/mol. The van der Waals surface area contributed by atoms with Gasteiger partial charge in [0.2, 0.25) is 0 Å². The topological polar surface area (TPSA) is 35.2 Å². The molecule has 0 spiro atoms. The number of terminal acetylenes is 1. The van der Waals surface area contributed by atoms with Gasteiger partial charge in [-0.1, -0.05) is 29.1 Å². The Balaban J connectivity index is 3.06. The van der Waals surface area contributed by atoms with Crippen LogP contribution >= 0.6 is 23.2 Å². The molecule has 0 radical (unpaired) electrons. The highest BCUT2D eigenvalue weighted by Crippen LogP contribution is 2.32. The van der Waals surface area contributed by atoms with Gasteiger partial charge in [-0.2, -0.15) is 0 Å². The maximum atomic E-state index is 5.92. The predicted molar refractivity (Wildman–Crippen MR) is 58.7 cm³/mol. The van der Waals surface area contributed by atoms with E-state index in [4.69, 9.17) is 40.1 Å². The van der Waals surface area contributed by atoms with Crippen molar-refractivity contribution >= 4 is 23.2 Å². The first-order valence-electron chi connectivity index (χ1n) is 3.93. The Kier molecular flexibility index (Phi) is 4.09. The van der Waals surface area contributed by atoms with Crippen molar-refractivity contribution in [2.24, 2.45) is 5.73 Å². The maximum absolute atomic E-state index is 5.92. The van der Waals surface area contributed by atoms with Gasteiger partial charge in [-0.15, -0.1) is 6.42 Å². The van der Waals surface area contributed by atoms with Gasteiger partial charge in [0.1, 0.15) is 12.4 Å². The van der Waals surface area contributed by atoms with Gasteiger partial charge in [-0.05, 0) is 12.1 Å². The van der Waals surface area contributed by atoms with Crippen molar-refractivity contribution in [2.45, 2.75) is 6.54 Å². The molecule has 0 heterocycles. The normalized spacial score (nSPS) is 9.57. The summed E-state index contributed by atoms with van der Waals surface area (Å²) in [6.45, 7) is 0.467. The predicted octanol–water partition coefficient (Wildman–Crippen LogP) is 2.46. The number of hydrogen-bond donors (Lipinski definition) is 1. The zero-order chi connectivity index (χ0) is 10.6. The third-order valence-corrected chi connectivity index (χ3v) is 2.10. The van der Waals surface area contributed by atoms with Gasteiger partial charge in [-0.3, -0.25) is 0 Å². The second-order valence-electron chi connectivity index (χ2n) is 2.57. The average Bonchev–Trinajstić information content (AvgIpc) is 2.15. The Bertz CT molecular complexity index is 371. The van der Waals surface area contributed by atoms with Gasteiger partial charge in [0.15, 0.2) is 0 Å². The van der Waals surface area contributed by atoms with Crippen LogP contribution in [0.25, 0.3) is 0 Å². The average molecular weight is 230 g/mol. The van der Waals surface area contributed by atoms with Crippen molar-refractivity contribution in [3.8, 4) is 18.1 Å². The molecule has 0 aliphatic heterocycles. The van der Waals surface area contributed by atoms with Crippen LogP contribution in [0.15, 0.2) is 12.1 Å². The van der Waals surface area contributed by atoms with Crippen LogP contribution in [0.4, 0.5) is 0 Å². The summed E-state index contributed by atoms with van der Waals surface area (Å²) in [5.74, 6) is 2.87. The van der Waals surface area contributed by atoms with Crippen LogP contribution in [0.2, 0.25) is 10.0 Å². The summed E-state index contributed by atoms with van der Waals surface area (Å²) in [4.78, 5) is 0. The Morgan fingerprint density at radius 2 is 2.14 bits per heavy atom. The van der Waals surface area contributed by atoms with Gasteiger partial charge in [0, 0.05) is 17.1 Å². The van der Waals surface area contributed by atoms with Gasteiger partial charge in [-0.25, -0.2) is 0 Å². The minimum Gasteiger partial charge on any atom is -0.479 e. The number of hydrogen-bond acceptors (Lipinski definition) is 2. The summed E-state index contributed by atoms with van der Waals surface area (Å²) in [5, 5.41) is 0.955. The fourth-order valence-corrected chi connectivity index (χ4v) is 1.63. The van der Waals surface area contributed by atoms with E-state index in [2.05, 4.69) is 5.92 Å². The largest absolute Gasteiger partial charge is 0.479 e. The Labute approximate surface area is 93.0 Å². The molecule has 1 aromatic rings. The lowest BCUT2D eigenvalue weighted by molar-refractivity contribution is 0.366. The third-order valence-electron chi connectivity index (χ3n) is 1.61. The van der Waals surface area contributed by atoms with Crippen molar-refractivity contribution in [2.75, 3.05) is 6.61 Å². The quantitative estimate of drug-likeness (QED) is 0.809. The molecule has 0 aromatic heterocycles. The van der Waals surface area contributed by atoms with E-state index in [1.54, 1.807) is 12.1 Å². The molecule has 74 valence electrons. The molecule has 0 saturated heterocycles. The van der Waals surface area contributed by atoms with E-state index in [-0.39, 0.29) is 6.61 Å². The molecule has 0 aliphatic rings. The van der Waals surface area contributed by atoms with E-state index in [0.717, 1.165) is 5.56 Å². The Morgan fingerprint density at radius 1 is 1.43 bits per heavy atom. The van der Waals surface area contributed by atoms with Gasteiger partial charge < -0.3 is 10.5 Å². The number of rotatable bonds is 3. The van der Waals surface area contributed by atoms with E-state index < -0.39 is 0 Å². The highest BCUT2D eigenvalue weighted by molar-refractivity contribution is 6.35. The van der Waals surface area contributed by atoms with E-state index >= 15 is 0 Å². The second-order valence-corrected chi connectivity index (χ2v) is 3.42. The van der Waals surface area contributed by atoms with Crippen LogP contribution in [0.3, 0.4) is 0 Å². The molecule has 4 heteroatoms. The highest BCUT2D eigenvalue weighted by atomic mass is 35.5. The lowest BCUT2D eigenvalue weighted by atomic mass is 10.2. The third kappa shape index (κ3) is 2.55. The van der Waals surface area contributed by atoms with E-state index in [0.29, 0.717) is 22.3 Å². The molecule has 0 aliphatic carbocycles. The lowest BCUT2D eigenvalue weighted by Gasteiger charge is -2.10. The molecule has 1 rings (SSSR count). The zero-order valence-corrected chi connectivity index (χ0v) is 8.90. The summed E-state index contributed by atoms with van der Waals surface area (Å²) in [7, 11) is 0. The number of benzene rings is 1. The Hall–Kier alpha value is -0.880. The molecule has 0 unspecified atom stereocenters. The molecule has 0 bridgehead atoms. The van der Waals surface area contributed by atoms with Crippen molar-refractivity contribution in [3.05, 3.63) is 27.7 Å². The van der Waals surface area contributed by atoms with Gasteiger partial charge in [0.25, 0.3) is 0 Å². The standard InChI is InChI=1S/C10H9Cl2NO/c1-2-3-14-10-7(6-13)4-8(11)5-9(10)12/h1,4-5H,3,6,13H2. The molecule has 14 heavy (non-hydrogen) atoms. The van der Waals surface area contributed by atoms with Crippen LogP contribution in [0.1, 0.15) is 5.56 Å². The minimum absolute atomic E-state index is 0.161. The van der Waals surface area contributed by atoms with Gasteiger partial charge >= 0.3 is 0 Å². The Morgan fingerprint density at radius 3 is 2.71 bits per heavy atom. The highest BCUT2D eigenvalue weighted by Gasteiger charge is 2.08. The minimum atomic E-state index is 0.161. The summed E-state index contributed by atoms with van der Waals surface area (Å²) >= 11 is 11.7. The monoisotopic (exact) mass is 229 g/mol. The zero-order valence-electron chi connectivity index (χ0n) is 7.39. The summed E-state index contributed by atoms with van der Waals surface area (Å²) in [5.41, 5.74) is 6.26. The van der Waals surface area contributed by atoms with E-state index in [1.807, 2.05) is 0 Å². The summed E-state index contributed by atoms with van der Waals surface area (Å²) in [6, 6.07) is 3.30. The fourth-order valence-electron chi connectivity index (χ4n) is 1.04. The molecule has 0 fully saturated rings. The molecule has 0 saturated carbocycles. The van der Waals surface area contributed by atoms with Crippen LogP contribution in [0, 0.1) is 12.3 Å². The number of halogens is 2. The molecule has 2 N–H and O–H groups in total. The number of ether oxygens (including phenoxy) is 1. The maximum Gasteiger partial charge on any atom is 0.148 e. The van der Waals surface area contributed by atoms with Crippen LogP contribution < -0.4 is 10.5 Å². The van der Waals surface area contributed by atoms with Crippen LogP contribution in [-0.2, 0) is 6.54 Å². The van der Waals surface area contributed by atoms with Crippen LogP contribution in [-0.4, -0.2) is 6.61 Å². The second kappa shape index (κ2) is 5.11. The summed E-state index contributed by atoms with van der Waals surface area (Å²) in [6.07, 6.45) is 5.07. The SMILES string of the molecule is C#CCOc1c(Cl)cc(Cl)cc1CN. The number of nitrogens with two attached hydrogens (primary N) is 1. The van der Waals surface area contributed by atoms with Gasteiger partial charge in [0.05, 0.1) is 5.02 Å². The van der Waals surface area contributed by atoms with Crippen molar-refractivity contribution in [1.29, 1.82) is 0 Å².